The first-order chi connectivity index (χ1) is 4.36. The van der Waals surface area contributed by atoms with E-state index in [1.807, 2.05) is 0 Å². The third kappa shape index (κ3) is 1.30. The fourth-order valence-electron chi connectivity index (χ4n) is 2.43. The van der Waals surface area contributed by atoms with Gasteiger partial charge < -0.3 is 5.73 Å². The van der Waals surface area contributed by atoms with Gasteiger partial charge in [0.2, 0.25) is 0 Å². The molecular formula is C8H16ClN. The van der Waals surface area contributed by atoms with Crippen LogP contribution in [-0.4, -0.2) is 6.04 Å². The van der Waals surface area contributed by atoms with Crippen molar-refractivity contribution in [2.75, 3.05) is 0 Å². The van der Waals surface area contributed by atoms with Gasteiger partial charge in [-0.2, -0.15) is 0 Å². The first-order valence-corrected chi connectivity index (χ1v) is 4.12. The fraction of sp³-hybridized carbons (Fsp3) is 1.00. The number of fused-ring (bicyclic) bond motifs is 2. The molecule has 2 fully saturated rings. The second-order valence-corrected chi connectivity index (χ2v) is 3.68. The molecule has 0 aromatic rings. The highest BCUT2D eigenvalue weighted by molar-refractivity contribution is 5.85. The van der Waals surface area contributed by atoms with E-state index in [9.17, 15) is 0 Å². The lowest BCUT2D eigenvalue weighted by Crippen LogP contribution is -2.31. The summed E-state index contributed by atoms with van der Waals surface area (Å²) in [5.41, 5.74) is 5.92. The smallest absolute Gasteiger partial charge is 0.00673 e. The molecule has 0 radical (unpaired) electrons. The molecule has 60 valence electrons. The van der Waals surface area contributed by atoms with Crippen molar-refractivity contribution in [1.82, 2.24) is 0 Å². The van der Waals surface area contributed by atoms with Crippen LogP contribution in [0.15, 0.2) is 0 Å². The summed E-state index contributed by atoms with van der Waals surface area (Å²) in [5.74, 6) is 1.97. The van der Waals surface area contributed by atoms with Crippen LogP contribution in [0.2, 0.25) is 0 Å². The van der Waals surface area contributed by atoms with E-state index in [4.69, 9.17) is 5.73 Å². The Morgan fingerprint density at radius 2 is 1.70 bits per heavy atom. The standard InChI is InChI=1S/C8H15N.ClH/c9-8-4-2-6-1-3-7(8)5-6;/h6-8H,1-5,9H2;1H. The van der Waals surface area contributed by atoms with Crippen LogP contribution in [0, 0.1) is 11.8 Å². The summed E-state index contributed by atoms with van der Waals surface area (Å²) in [6.45, 7) is 0. The largest absolute Gasteiger partial charge is 0.327 e. The number of nitrogens with two attached hydrogens (primary N) is 1. The molecule has 2 heteroatoms. The third-order valence-corrected chi connectivity index (χ3v) is 3.10. The predicted octanol–water partition coefficient (Wildman–Crippen LogP) is 1.95. The van der Waals surface area contributed by atoms with Gasteiger partial charge in [0, 0.05) is 6.04 Å². The molecule has 3 unspecified atom stereocenters. The molecule has 0 spiro atoms. The maximum absolute atomic E-state index is 5.92. The summed E-state index contributed by atoms with van der Waals surface area (Å²) < 4.78 is 0. The van der Waals surface area contributed by atoms with E-state index in [1.165, 1.54) is 32.1 Å². The Kier molecular flexibility index (Phi) is 2.59. The highest BCUT2D eigenvalue weighted by Crippen LogP contribution is 2.40. The Balaban J connectivity index is 0.000000500. The van der Waals surface area contributed by atoms with Crippen LogP contribution >= 0.6 is 12.4 Å². The second-order valence-electron chi connectivity index (χ2n) is 3.68. The Morgan fingerprint density at radius 3 is 2.40 bits per heavy atom. The minimum Gasteiger partial charge on any atom is -0.327 e. The highest BCUT2D eigenvalue weighted by Gasteiger charge is 2.33. The van der Waals surface area contributed by atoms with Crippen LogP contribution in [-0.2, 0) is 0 Å². The van der Waals surface area contributed by atoms with Crippen LogP contribution in [0.25, 0.3) is 0 Å². The zero-order chi connectivity index (χ0) is 6.27. The zero-order valence-electron chi connectivity index (χ0n) is 6.25. The molecule has 3 atom stereocenters. The maximum Gasteiger partial charge on any atom is 0.00673 e. The van der Waals surface area contributed by atoms with E-state index in [-0.39, 0.29) is 12.4 Å². The summed E-state index contributed by atoms with van der Waals surface area (Å²) in [6.07, 6.45) is 7.05. The summed E-state index contributed by atoms with van der Waals surface area (Å²) in [4.78, 5) is 0. The molecular weight excluding hydrogens is 146 g/mol. The van der Waals surface area contributed by atoms with Crippen LogP contribution in [0.3, 0.4) is 0 Å². The molecule has 0 aromatic heterocycles. The van der Waals surface area contributed by atoms with Gasteiger partial charge in [-0.05, 0) is 37.5 Å². The van der Waals surface area contributed by atoms with Crippen LogP contribution in [0.1, 0.15) is 32.1 Å². The van der Waals surface area contributed by atoms with Crippen molar-refractivity contribution in [2.45, 2.75) is 38.1 Å². The first kappa shape index (κ1) is 8.35. The van der Waals surface area contributed by atoms with Crippen molar-refractivity contribution in [3.05, 3.63) is 0 Å². The van der Waals surface area contributed by atoms with Gasteiger partial charge in [0.05, 0.1) is 0 Å². The van der Waals surface area contributed by atoms with Crippen LogP contribution in [0.4, 0.5) is 0 Å². The van der Waals surface area contributed by atoms with E-state index in [2.05, 4.69) is 0 Å². The molecule has 2 saturated carbocycles. The van der Waals surface area contributed by atoms with Gasteiger partial charge >= 0.3 is 0 Å². The SMILES string of the molecule is Cl.NC1CCC2CCC1C2. The average molecular weight is 162 g/mol. The molecule has 2 rings (SSSR count). The number of hydrogen-bond donors (Lipinski definition) is 1. The monoisotopic (exact) mass is 161 g/mol. The van der Waals surface area contributed by atoms with Gasteiger partial charge in [-0.3, -0.25) is 0 Å². The van der Waals surface area contributed by atoms with Gasteiger partial charge in [0.25, 0.3) is 0 Å². The molecule has 2 bridgehead atoms. The van der Waals surface area contributed by atoms with E-state index in [1.54, 1.807) is 0 Å². The van der Waals surface area contributed by atoms with Crippen molar-refractivity contribution >= 4 is 12.4 Å². The van der Waals surface area contributed by atoms with E-state index >= 15 is 0 Å². The van der Waals surface area contributed by atoms with Crippen molar-refractivity contribution < 1.29 is 0 Å². The Labute approximate surface area is 68.8 Å². The molecule has 0 amide bonds. The van der Waals surface area contributed by atoms with Crippen LogP contribution < -0.4 is 5.73 Å². The first-order valence-electron chi connectivity index (χ1n) is 4.12. The van der Waals surface area contributed by atoms with Crippen molar-refractivity contribution in [3.63, 3.8) is 0 Å². The summed E-state index contributed by atoms with van der Waals surface area (Å²) in [5, 5.41) is 0. The van der Waals surface area contributed by atoms with Gasteiger partial charge in [-0.1, -0.05) is 6.42 Å². The van der Waals surface area contributed by atoms with Gasteiger partial charge in [-0.25, -0.2) is 0 Å². The van der Waals surface area contributed by atoms with Crippen LogP contribution in [0.5, 0.6) is 0 Å². The minimum atomic E-state index is 0. The molecule has 10 heavy (non-hydrogen) atoms. The molecule has 0 aliphatic heterocycles. The highest BCUT2D eigenvalue weighted by atomic mass is 35.5. The normalized spacial score (nSPS) is 44.7. The van der Waals surface area contributed by atoms with Crippen molar-refractivity contribution in [1.29, 1.82) is 0 Å². The maximum atomic E-state index is 5.92. The van der Waals surface area contributed by atoms with Crippen molar-refractivity contribution in [2.24, 2.45) is 17.6 Å². The van der Waals surface area contributed by atoms with E-state index in [0.717, 1.165) is 11.8 Å². The number of hydrogen-bond acceptors (Lipinski definition) is 1. The lowest BCUT2D eigenvalue weighted by atomic mass is 9.86. The second kappa shape index (κ2) is 3.10. The van der Waals surface area contributed by atoms with Gasteiger partial charge in [0.1, 0.15) is 0 Å². The Bertz CT molecular complexity index is 116. The molecule has 0 heterocycles. The topological polar surface area (TPSA) is 26.0 Å². The lowest BCUT2D eigenvalue weighted by Gasteiger charge is -2.24. The molecule has 2 aliphatic rings. The number of halogens is 1. The third-order valence-electron chi connectivity index (χ3n) is 3.10. The Morgan fingerprint density at radius 1 is 1.00 bits per heavy atom. The number of rotatable bonds is 0. The summed E-state index contributed by atoms with van der Waals surface area (Å²) in [6, 6.07) is 0.559. The van der Waals surface area contributed by atoms with Crippen molar-refractivity contribution in [3.8, 4) is 0 Å². The van der Waals surface area contributed by atoms with Gasteiger partial charge in [-0.15, -0.1) is 12.4 Å². The molecule has 2 N–H and O–H groups in total. The summed E-state index contributed by atoms with van der Waals surface area (Å²) in [7, 11) is 0. The van der Waals surface area contributed by atoms with E-state index in [0.29, 0.717) is 6.04 Å². The quantitative estimate of drug-likeness (QED) is 0.578. The summed E-state index contributed by atoms with van der Waals surface area (Å²) >= 11 is 0. The lowest BCUT2D eigenvalue weighted by molar-refractivity contribution is 0.314. The fourth-order valence-corrected chi connectivity index (χ4v) is 2.43. The molecule has 2 aliphatic carbocycles. The van der Waals surface area contributed by atoms with Gasteiger partial charge in [0.15, 0.2) is 0 Å². The predicted molar refractivity (Wildman–Crippen MR) is 45.3 cm³/mol. The zero-order valence-corrected chi connectivity index (χ0v) is 7.07. The minimum absolute atomic E-state index is 0. The molecule has 1 nitrogen and oxygen atoms in total. The van der Waals surface area contributed by atoms with E-state index < -0.39 is 0 Å². The molecule has 0 saturated heterocycles. The molecule has 0 aromatic carbocycles. The average Bonchev–Trinajstić information content (AvgIpc) is 2.25. The Hall–Kier alpha value is 0.250.